The molecule has 2 nitrogen and oxygen atoms in total. The third-order valence-electron chi connectivity index (χ3n) is 4.65. The molecule has 2 N–H and O–H groups in total. The van der Waals surface area contributed by atoms with Crippen molar-refractivity contribution in [2.75, 3.05) is 18.4 Å². The number of hydrogen-bond acceptors (Lipinski definition) is 2. The fourth-order valence-electron chi connectivity index (χ4n) is 3.47. The molecule has 1 aliphatic heterocycles. The van der Waals surface area contributed by atoms with Crippen LogP contribution in [0.25, 0.3) is 0 Å². The Bertz CT molecular complexity index is 382. The Morgan fingerprint density at radius 2 is 1.57 bits per heavy atom. The lowest BCUT2D eigenvalue weighted by molar-refractivity contribution is 0.460. The van der Waals surface area contributed by atoms with Gasteiger partial charge in [-0.2, -0.15) is 0 Å². The highest BCUT2D eigenvalue weighted by Gasteiger charge is 2.16. The molecule has 1 aromatic rings. The molecule has 3 rings (SSSR count). The van der Waals surface area contributed by atoms with Crippen LogP contribution in [0.4, 0.5) is 5.69 Å². The molecule has 2 fully saturated rings. The van der Waals surface area contributed by atoms with Gasteiger partial charge in [0.1, 0.15) is 0 Å². The highest BCUT2D eigenvalue weighted by atomic mass is 35.5. The van der Waals surface area contributed by atoms with Crippen LogP contribution in [0.3, 0.4) is 0 Å². The van der Waals surface area contributed by atoms with Gasteiger partial charge in [0.2, 0.25) is 0 Å². The van der Waals surface area contributed by atoms with Crippen LogP contribution >= 0.6 is 24.8 Å². The Hall–Kier alpha value is -0.440. The van der Waals surface area contributed by atoms with Crippen molar-refractivity contribution in [2.24, 2.45) is 0 Å². The van der Waals surface area contributed by atoms with Crippen molar-refractivity contribution >= 4 is 30.5 Å². The summed E-state index contributed by atoms with van der Waals surface area (Å²) >= 11 is 0. The molecule has 1 aliphatic carbocycles. The van der Waals surface area contributed by atoms with Gasteiger partial charge in [0.25, 0.3) is 0 Å². The Morgan fingerprint density at radius 3 is 2.19 bits per heavy atom. The van der Waals surface area contributed by atoms with E-state index in [2.05, 4.69) is 34.9 Å². The van der Waals surface area contributed by atoms with Crippen LogP contribution in [0.5, 0.6) is 0 Å². The zero-order valence-corrected chi connectivity index (χ0v) is 14.3. The molecule has 1 saturated carbocycles. The van der Waals surface area contributed by atoms with Crippen LogP contribution in [-0.4, -0.2) is 19.1 Å². The molecular formula is C17H28Cl2N2. The molecule has 0 bridgehead atoms. The van der Waals surface area contributed by atoms with Gasteiger partial charge in [0.05, 0.1) is 0 Å². The van der Waals surface area contributed by atoms with Gasteiger partial charge >= 0.3 is 0 Å². The molecular weight excluding hydrogens is 303 g/mol. The van der Waals surface area contributed by atoms with Gasteiger partial charge in [-0.25, -0.2) is 0 Å². The Kier molecular flexibility index (Phi) is 8.46. The smallest absolute Gasteiger partial charge is 0.0342 e. The average molecular weight is 331 g/mol. The van der Waals surface area contributed by atoms with Gasteiger partial charge in [-0.3, -0.25) is 0 Å². The topological polar surface area (TPSA) is 24.1 Å². The number of halogens is 2. The van der Waals surface area contributed by atoms with E-state index in [9.17, 15) is 0 Å². The normalized spacial score (nSPS) is 22.8. The molecule has 0 amide bonds. The Balaban J connectivity index is 0.00000110. The zero-order chi connectivity index (χ0) is 12.9. The summed E-state index contributed by atoms with van der Waals surface area (Å²) in [4.78, 5) is 0. The van der Waals surface area contributed by atoms with Crippen LogP contribution in [0.2, 0.25) is 0 Å². The molecule has 0 spiro atoms. The van der Waals surface area contributed by atoms with Crippen LogP contribution in [0.15, 0.2) is 24.3 Å². The summed E-state index contributed by atoms with van der Waals surface area (Å²) in [6, 6.07) is 9.90. The van der Waals surface area contributed by atoms with E-state index in [-0.39, 0.29) is 24.8 Å². The quantitative estimate of drug-likeness (QED) is 0.836. The number of anilines is 1. The second-order valence-corrected chi connectivity index (χ2v) is 6.14. The fourth-order valence-corrected chi connectivity index (χ4v) is 3.47. The van der Waals surface area contributed by atoms with Crippen LogP contribution in [0, 0.1) is 0 Å². The lowest BCUT2D eigenvalue weighted by atomic mass is 9.91. The van der Waals surface area contributed by atoms with E-state index < -0.39 is 0 Å². The predicted molar refractivity (Wildman–Crippen MR) is 96.3 cm³/mol. The monoisotopic (exact) mass is 330 g/mol. The van der Waals surface area contributed by atoms with Crippen LogP contribution in [-0.2, 0) is 0 Å². The van der Waals surface area contributed by atoms with E-state index in [0.717, 1.165) is 12.5 Å². The van der Waals surface area contributed by atoms with E-state index in [1.165, 1.54) is 62.7 Å². The van der Waals surface area contributed by atoms with E-state index in [0.29, 0.717) is 6.04 Å². The predicted octanol–water partition coefficient (Wildman–Crippen LogP) is 4.74. The highest BCUT2D eigenvalue weighted by Crippen LogP contribution is 2.26. The molecule has 120 valence electrons. The van der Waals surface area contributed by atoms with Crippen molar-refractivity contribution in [3.63, 3.8) is 0 Å². The van der Waals surface area contributed by atoms with Gasteiger partial charge in [-0.1, -0.05) is 31.4 Å². The average Bonchev–Trinajstić information content (AvgIpc) is 2.50. The number of benzene rings is 1. The van der Waals surface area contributed by atoms with Gasteiger partial charge in [-0.15, -0.1) is 24.8 Å². The minimum absolute atomic E-state index is 0. The van der Waals surface area contributed by atoms with Crippen LogP contribution in [0.1, 0.15) is 56.4 Å². The Labute approximate surface area is 141 Å². The molecule has 2 aliphatic rings. The van der Waals surface area contributed by atoms with Crippen molar-refractivity contribution in [2.45, 2.75) is 56.9 Å². The molecule has 1 atom stereocenters. The van der Waals surface area contributed by atoms with Crippen molar-refractivity contribution in [3.05, 3.63) is 29.8 Å². The maximum atomic E-state index is 3.70. The minimum Gasteiger partial charge on any atom is -0.382 e. The van der Waals surface area contributed by atoms with Gasteiger partial charge in [0, 0.05) is 18.3 Å². The van der Waals surface area contributed by atoms with Gasteiger partial charge in [-0.05, 0) is 55.8 Å². The second kappa shape index (κ2) is 9.55. The fraction of sp³-hybridized carbons (Fsp3) is 0.647. The minimum atomic E-state index is 0. The summed E-state index contributed by atoms with van der Waals surface area (Å²) in [5.41, 5.74) is 2.81. The lowest BCUT2D eigenvalue weighted by Crippen LogP contribution is -2.28. The van der Waals surface area contributed by atoms with Crippen LogP contribution < -0.4 is 10.6 Å². The highest BCUT2D eigenvalue weighted by molar-refractivity contribution is 5.85. The first-order chi connectivity index (χ1) is 9.42. The number of piperidine rings is 1. The molecule has 4 heteroatoms. The molecule has 1 heterocycles. The van der Waals surface area contributed by atoms with Crippen molar-refractivity contribution in [3.8, 4) is 0 Å². The second-order valence-electron chi connectivity index (χ2n) is 6.14. The third kappa shape index (κ3) is 5.36. The third-order valence-corrected chi connectivity index (χ3v) is 4.65. The van der Waals surface area contributed by atoms with Gasteiger partial charge in [0.15, 0.2) is 0 Å². The molecule has 21 heavy (non-hydrogen) atoms. The summed E-state index contributed by atoms with van der Waals surface area (Å²) in [5, 5.41) is 7.19. The summed E-state index contributed by atoms with van der Waals surface area (Å²) in [6.07, 6.45) is 9.54. The first-order valence-electron chi connectivity index (χ1n) is 7.99. The van der Waals surface area contributed by atoms with Gasteiger partial charge < -0.3 is 10.6 Å². The molecule has 1 saturated heterocycles. The van der Waals surface area contributed by atoms with Crippen molar-refractivity contribution < 1.29 is 0 Å². The standard InChI is InChI=1S/C17H26N2.2ClH/c1-2-6-16(7-3-1)19-17-10-8-14(9-11-17)15-5-4-12-18-13-15;;/h8-11,15-16,18-19H,1-7,12-13H2;2*1H. The number of nitrogens with one attached hydrogen (secondary N) is 2. The number of rotatable bonds is 3. The van der Waals surface area contributed by atoms with E-state index in [1.807, 2.05) is 0 Å². The summed E-state index contributed by atoms with van der Waals surface area (Å²) in [7, 11) is 0. The largest absolute Gasteiger partial charge is 0.382 e. The maximum absolute atomic E-state index is 3.70. The van der Waals surface area contributed by atoms with E-state index in [4.69, 9.17) is 0 Å². The molecule has 0 aromatic heterocycles. The van der Waals surface area contributed by atoms with E-state index in [1.54, 1.807) is 0 Å². The van der Waals surface area contributed by atoms with E-state index >= 15 is 0 Å². The first kappa shape index (κ1) is 18.6. The molecule has 0 radical (unpaired) electrons. The Morgan fingerprint density at radius 1 is 0.857 bits per heavy atom. The zero-order valence-electron chi connectivity index (χ0n) is 12.6. The summed E-state index contributed by atoms with van der Waals surface area (Å²) < 4.78 is 0. The maximum Gasteiger partial charge on any atom is 0.0342 e. The van der Waals surface area contributed by atoms with Crippen molar-refractivity contribution in [1.82, 2.24) is 5.32 Å². The molecule has 1 aromatic carbocycles. The summed E-state index contributed by atoms with van der Waals surface area (Å²) in [6.45, 7) is 2.34. The SMILES string of the molecule is Cl.Cl.c1cc(C2CCCNC2)ccc1NC1CCCCC1. The summed E-state index contributed by atoms with van der Waals surface area (Å²) in [5.74, 6) is 0.720. The molecule has 1 unspecified atom stereocenters. The lowest BCUT2D eigenvalue weighted by Gasteiger charge is -2.25. The first-order valence-corrected chi connectivity index (χ1v) is 7.99. The van der Waals surface area contributed by atoms with Crippen molar-refractivity contribution in [1.29, 1.82) is 0 Å². The number of hydrogen-bond donors (Lipinski definition) is 2.